The second kappa shape index (κ2) is 5.61. The molecule has 0 bridgehead atoms. The third-order valence-corrected chi connectivity index (χ3v) is 2.50. The summed E-state index contributed by atoms with van der Waals surface area (Å²) in [6.07, 6.45) is 0.502. The largest absolute Gasteiger partial charge is 0.497 e. The van der Waals surface area contributed by atoms with Crippen LogP contribution < -0.4 is 10.5 Å². The molecule has 0 spiro atoms. The molecule has 0 aliphatic heterocycles. The van der Waals surface area contributed by atoms with Gasteiger partial charge in [-0.15, -0.1) is 0 Å². The minimum Gasteiger partial charge on any atom is -0.497 e. The number of nitrogens with two attached hydrogens (primary N) is 1. The summed E-state index contributed by atoms with van der Waals surface area (Å²) in [4.78, 5) is 4.13. The molecular weight excluding hydrogens is 234 g/mol. The molecule has 0 aliphatic carbocycles. The Labute approximate surface area is 104 Å². The molecule has 0 amide bonds. The summed E-state index contributed by atoms with van der Waals surface area (Å²) >= 11 is 0. The standard InChI is InChI=1S/C12H15N3O3/c1-17-9-4-2-3-8(5-9)6-11-14-12(15-18-11)10(13)7-16/h2-5,10,16H,6-7,13H2,1H3. The van der Waals surface area contributed by atoms with Gasteiger partial charge in [-0.25, -0.2) is 0 Å². The quantitative estimate of drug-likeness (QED) is 0.808. The van der Waals surface area contributed by atoms with Crippen molar-refractivity contribution < 1.29 is 14.4 Å². The van der Waals surface area contributed by atoms with Crippen LogP contribution in [-0.2, 0) is 6.42 Å². The predicted molar refractivity (Wildman–Crippen MR) is 64.1 cm³/mol. The Balaban J connectivity index is 2.11. The first-order valence-corrected chi connectivity index (χ1v) is 5.54. The molecule has 1 aromatic carbocycles. The SMILES string of the molecule is COc1cccc(Cc2nc(C(N)CO)no2)c1. The van der Waals surface area contributed by atoms with Crippen molar-refractivity contribution in [1.29, 1.82) is 0 Å². The highest BCUT2D eigenvalue weighted by Gasteiger charge is 2.13. The van der Waals surface area contributed by atoms with Gasteiger partial charge in [0.15, 0.2) is 5.82 Å². The van der Waals surface area contributed by atoms with E-state index < -0.39 is 6.04 Å². The van der Waals surface area contributed by atoms with Crippen molar-refractivity contribution in [2.75, 3.05) is 13.7 Å². The van der Waals surface area contributed by atoms with Crippen molar-refractivity contribution in [3.05, 3.63) is 41.5 Å². The molecule has 0 fully saturated rings. The number of benzene rings is 1. The van der Waals surface area contributed by atoms with Gasteiger partial charge < -0.3 is 20.1 Å². The lowest BCUT2D eigenvalue weighted by Gasteiger charge is -2.01. The lowest BCUT2D eigenvalue weighted by atomic mass is 10.1. The van der Waals surface area contributed by atoms with Crippen LogP contribution in [0.15, 0.2) is 28.8 Å². The van der Waals surface area contributed by atoms with Crippen LogP contribution >= 0.6 is 0 Å². The molecule has 18 heavy (non-hydrogen) atoms. The van der Waals surface area contributed by atoms with E-state index in [0.717, 1.165) is 11.3 Å². The first-order valence-electron chi connectivity index (χ1n) is 5.54. The summed E-state index contributed by atoms with van der Waals surface area (Å²) in [6.45, 7) is -0.210. The fourth-order valence-electron chi connectivity index (χ4n) is 1.53. The predicted octanol–water partition coefficient (Wildman–Crippen LogP) is 0.661. The lowest BCUT2D eigenvalue weighted by molar-refractivity contribution is 0.259. The zero-order chi connectivity index (χ0) is 13.0. The highest BCUT2D eigenvalue weighted by atomic mass is 16.5. The molecule has 0 aliphatic rings. The highest BCUT2D eigenvalue weighted by Crippen LogP contribution is 2.16. The van der Waals surface area contributed by atoms with Crippen LogP contribution in [0.1, 0.15) is 23.3 Å². The maximum atomic E-state index is 8.89. The number of aromatic nitrogens is 2. The van der Waals surface area contributed by atoms with E-state index in [1.54, 1.807) is 7.11 Å². The van der Waals surface area contributed by atoms with Crippen LogP contribution in [0.4, 0.5) is 0 Å². The number of rotatable bonds is 5. The number of hydrogen-bond acceptors (Lipinski definition) is 6. The number of methoxy groups -OCH3 is 1. The summed E-state index contributed by atoms with van der Waals surface area (Å²) in [5.41, 5.74) is 6.59. The first kappa shape index (κ1) is 12.5. The Morgan fingerprint density at radius 3 is 3.06 bits per heavy atom. The maximum absolute atomic E-state index is 8.89. The van der Waals surface area contributed by atoms with Gasteiger partial charge in [-0.2, -0.15) is 4.98 Å². The number of ether oxygens (including phenoxy) is 1. The molecule has 2 rings (SSSR count). The summed E-state index contributed by atoms with van der Waals surface area (Å²) in [5, 5.41) is 12.6. The third kappa shape index (κ3) is 2.85. The average Bonchev–Trinajstić information content (AvgIpc) is 2.86. The van der Waals surface area contributed by atoms with E-state index in [0.29, 0.717) is 18.1 Å². The molecule has 2 aromatic rings. The van der Waals surface area contributed by atoms with E-state index in [1.165, 1.54) is 0 Å². The van der Waals surface area contributed by atoms with Gasteiger partial charge in [0.05, 0.1) is 26.2 Å². The summed E-state index contributed by atoms with van der Waals surface area (Å²) in [6, 6.07) is 7.00. The van der Waals surface area contributed by atoms with Gasteiger partial charge in [-0.1, -0.05) is 17.3 Å². The van der Waals surface area contributed by atoms with E-state index in [-0.39, 0.29) is 6.61 Å². The van der Waals surface area contributed by atoms with Crippen molar-refractivity contribution in [1.82, 2.24) is 10.1 Å². The van der Waals surface area contributed by atoms with Crippen molar-refractivity contribution in [3.8, 4) is 5.75 Å². The summed E-state index contributed by atoms with van der Waals surface area (Å²) < 4.78 is 10.2. The van der Waals surface area contributed by atoms with Crippen LogP contribution in [0.5, 0.6) is 5.75 Å². The van der Waals surface area contributed by atoms with Gasteiger partial charge in [-0.05, 0) is 17.7 Å². The minimum absolute atomic E-state index is 0.210. The fourth-order valence-corrected chi connectivity index (χ4v) is 1.53. The van der Waals surface area contributed by atoms with Crippen LogP contribution in [0.3, 0.4) is 0 Å². The molecule has 6 nitrogen and oxygen atoms in total. The molecule has 0 saturated carbocycles. The van der Waals surface area contributed by atoms with Gasteiger partial charge in [0, 0.05) is 0 Å². The average molecular weight is 249 g/mol. The van der Waals surface area contributed by atoms with Crippen LogP contribution in [0.25, 0.3) is 0 Å². The maximum Gasteiger partial charge on any atom is 0.231 e. The second-order valence-corrected chi connectivity index (χ2v) is 3.86. The van der Waals surface area contributed by atoms with Crippen LogP contribution in [-0.4, -0.2) is 29.0 Å². The van der Waals surface area contributed by atoms with Gasteiger partial charge in [0.25, 0.3) is 0 Å². The first-order chi connectivity index (χ1) is 8.72. The zero-order valence-electron chi connectivity index (χ0n) is 10.0. The van der Waals surface area contributed by atoms with Crippen molar-refractivity contribution >= 4 is 0 Å². The van der Waals surface area contributed by atoms with Gasteiger partial charge in [-0.3, -0.25) is 0 Å². The summed E-state index contributed by atoms with van der Waals surface area (Å²) in [7, 11) is 1.62. The van der Waals surface area contributed by atoms with Gasteiger partial charge >= 0.3 is 0 Å². The molecular formula is C12H15N3O3. The fraction of sp³-hybridized carbons (Fsp3) is 0.333. The Bertz CT molecular complexity index is 513. The number of nitrogens with zero attached hydrogens (tertiary/aromatic N) is 2. The number of aliphatic hydroxyl groups is 1. The highest BCUT2D eigenvalue weighted by molar-refractivity contribution is 5.29. The third-order valence-electron chi connectivity index (χ3n) is 2.50. The number of hydrogen-bond donors (Lipinski definition) is 2. The van der Waals surface area contributed by atoms with E-state index >= 15 is 0 Å². The van der Waals surface area contributed by atoms with Gasteiger partial charge in [0.2, 0.25) is 5.89 Å². The molecule has 0 radical (unpaired) electrons. The van der Waals surface area contributed by atoms with E-state index in [2.05, 4.69) is 10.1 Å². The Morgan fingerprint density at radius 2 is 2.33 bits per heavy atom. The Kier molecular flexibility index (Phi) is 3.91. The Morgan fingerprint density at radius 1 is 1.50 bits per heavy atom. The zero-order valence-corrected chi connectivity index (χ0v) is 10.0. The Hall–Kier alpha value is -1.92. The molecule has 1 heterocycles. The van der Waals surface area contributed by atoms with Crippen molar-refractivity contribution in [2.24, 2.45) is 5.73 Å². The summed E-state index contributed by atoms with van der Waals surface area (Å²) in [5.74, 6) is 1.55. The lowest BCUT2D eigenvalue weighted by Crippen LogP contribution is -2.16. The smallest absolute Gasteiger partial charge is 0.231 e. The molecule has 1 aromatic heterocycles. The van der Waals surface area contributed by atoms with Gasteiger partial charge in [0.1, 0.15) is 5.75 Å². The van der Waals surface area contributed by atoms with Crippen LogP contribution in [0.2, 0.25) is 0 Å². The molecule has 6 heteroatoms. The topological polar surface area (TPSA) is 94.4 Å². The molecule has 1 unspecified atom stereocenters. The molecule has 1 atom stereocenters. The van der Waals surface area contributed by atoms with E-state index in [1.807, 2.05) is 24.3 Å². The normalized spacial score (nSPS) is 12.4. The van der Waals surface area contributed by atoms with Crippen molar-refractivity contribution in [3.63, 3.8) is 0 Å². The monoisotopic (exact) mass is 249 g/mol. The van der Waals surface area contributed by atoms with E-state index in [4.69, 9.17) is 20.1 Å². The second-order valence-electron chi connectivity index (χ2n) is 3.86. The number of aliphatic hydroxyl groups excluding tert-OH is 1. The molecule has 0 saturated heterocycles. The minimum atomic E-state index is -0.604. The van der Waals surface area contributed by atoms with Crippen molar-refractivity contribution in [2.45, 2.75) is 12.5 Å². The van der Waals surface area contributed by atoms with Crippen LogP contribution in [0, 0.1) is 0 Å². The van der Waals surface area contributed by atoms with E-state index in [9.17, 15) is 0 Å². The molecule has 96 valence electrons. The molecule has 3 N–H and O–H groups in total.